The van der Waals surface area contributed by atoms with Crippen LogP contribution in [-0.4, -0.2) is 15.7 Å². The van der Waals surface area contributed by atoms with Gasteiger partial charge in [-0.1, -0.05) is 13.8 Å². The molecular weight excluding hydrogens is 278 g/mol. The van der Waals surface area contributed by atoms with E-state index in [-0.39, 0.29) is 0 Å². The molecule has 0 amide bonds. The highest BCUT2D eigenvalue weighted by Gasteiger charge is 2.36. The molecule has 2 rings (SSSR count). The predicted molar refractivity (Wildman–Crippen MR) is 72.8 cm³/mol. The van der Waals surface area contributed by atoms with Crippen molar-refractivity contribution in [3.8, 4) is 0 Å². The van der Waals surface area contributed by atoms with Gasteiger partial charge in [0, 0.05) is 22.8 Å². The number of nitrogens with zero attached hydrogens (tertiary/aromatic N) is 1. The minimum Gasteiger partial charge on any atom is -0.389 e. The van der Waals surface area contributed by atoms with E-state index in [2.05, 4.69) is 34.8 Å². The fraction of sp³-hybridized carbons (Fsp3) is 0.643. The van der Waals surface area contributed by atoms with E-state index < -0.39 is 5.60 Å². The highest BCUT2D eigenvalue weighted by atomic mass is 79.9. The molecule has 0 aromatic carbocycles. The topological polar surface area (TPSA) is 33.1 Å². The van der Waals surface area contributed by atoms with Crippen LogP contribution in [0.3, 0.4) is 0 Å². The zero-order valence-electron chi connectivity index (χ0n) is 10.5. The van der Waals surface area contributed by atoms with Crippen molar-refractivity contribution in [1.29, 1.82) is 0 Å². The summed E-state index contributed by atoms with van der Waals surface area (Å²) < 4.78 is 0.984. The minimum atomic E-state index is -0.545. The molecule has 0 atom stereocenters. The Balaban J connectivity index is 2.01. The molecule has 0 unspecified atom stereocenters. The zero-order valence-corrected chi connectivity index (χ0v) is 12.1. The summed E-state index contributed by atoms with van der Waals surface area (Å²) in [6.07, 6.45) is 6.44. The van der Waals surface area contributed by atoms with Crippen LogP contribution in [0.1, 0.15) is 45.2 Å². The Labute approximate surface area is 112 Å². The van der Waals surface area contributed by atoms with Gasteiger partial charge in [0.1, 0.15) is 0 Å². The first kappa shape index (κ1) is 13.0. The molecule has 1 aliphatic carbocycles. The van der Waals surface area contributed by atoms with Gasteiger partial charge in [0.05, 0.1) is 5.60 Å². The van der Waals surface area contributed by atoms with Crippen LogP contribution in [0.15, 0.2) is 22.8 Å². The van der Waals surface area contributed by atoms with Crippen molar-refractivity contribution in [3.05, 3.63) is 28.5 Å². The molecular formula is C14H20BrNO. The van der Waals surface area contributed by atoms with E-state index in [0.717, 1.165) is 35.8 Å². The van der Waals surface area contributed by atoms with E-state index in [1.165, 1.54) is 0 Å². The number of halogens is 1. The smallest absolute Gasteiger partial charge is 0.0703 e. The Morgan fingerprint density at radius 3 is 2.41 bits per heavy atom. The maximum atomic E-state index is 10.6. The molecule has 0 saturated heterocycles. The second kappa shape index (κ2) is 4.69. The van der Waals surface area contributed by atoms with E-state index in [1.54, 1.807) is 6.20 Å². The summed E-state index contributed by atoms with van der Waals surface area (Å²) in [5.74, 6) is 0. The number of hydrogen-bond acceptors (Lipinski definition) is 2. The third-order valence-corrected chi connectivity index (χ3v) is 4.30. The summed E-state index contributed by atoms with van der Waals surface area (Å²) >= 11 is 3.37. The fourth-order valence-corrected chi connectivity index (χ4v) is 2.65. The average Bonchev–Trinajstić information content (AvgIpc) is 2.27. The molecule has 94 valence electrons. The van der Waals surface area contributed by atoms with Gasteiger partial charge in [0.15, 0.2) is 0 Å². The zero-order chi connectivity index (χ0) is 12.5. The molecule has 0 radical (unpaired) electrons. The molecule has 2 nitrogen and oxygen atoms in total. The monoisotopic (exact) mass is 297 g/mol. The third-order valence-electron chi connectivity index (χ3n) is 3.83. The Morgan fingerprint density at radius 2 is 1.88 bits per heavy atom. The summed E-state index contributed by atoms with van der Waals surface area (Å²) in [4.78, 5) is 4.35. The molecule has 0 aliphatic heterocycles. The lowest BCUT2D eigenvalue weighted by Gasteiger charge is -2.40. The van der Waals surface area contributed by atoms with Crippen molar-refractivity contribution < 1.29 is 5.11 Å². The maximum absolute atomic E-state index is 10.6. The lowest BCUT2D eigenvalue weighted by Crippen LogP contribution is -2.38. The Bertz CT molecular complexity index is 376. The summed E-state index contributed by atoms with van der Waals surface area (Å²) in [5.41, 5.74) is 0.825. The third kappa shape index (κ3) is 3.52. The van der Waals surface area contributed by atoms with Crippen molar-refractivity contribution >= 4 is 15.9 Å². The van der Waals surface area contributed by atoms with Crippen molar-refractivity contribution in [2.24, 2.45) is 5.41 Å². The predicted octanol–water partition coefficient (Wildman–Crippen LogP) is 3.72. The first-order valence-electron chi connectivity index (χ1n) is 6.22. The van der Waals surface area contributed by atoms with Crippen molar-refractivity contribution in [3.63, 3.8) is 0 Å². The normalized spacial score (nSPS) is 22.4. The van der Waals surface area contributed by atoms with Gasteiger partial charge >= 0.3 is 0 Å². The number of aromatic nitrogens is 1. The van der Waals surface area contributed by atoms with Crippen LogP contribution in [0.2, 0.25) is 0 Å². The molecule has 0 spiro atoms. The number of aliphatic hydroxyl groups is 1. The van der Waals surface area contributed by atoms with Gasteiger partial charge in [0.25, 0.3) is 0 Å². The highest BCUT2D eigenvalue weighted by Crippen LogP contribution is 2.41. The SMILES string of the molecule is CC1(C)CCC(O)(Cc2ccc(Br)cn2)CC1. The maximum Gasteiger partial charge on any atom is 0.0703 e. The van der Waals surface area contributed by atoms with Gasteiger partial charge in [-0.15, -0.1) is 0 Å². The summed E-state index contributed by atoms with van der Waals surface area (Å²) in [6.45, 7) is 4.56. The molecule has 1 aliphatic rings. The van der Waals surface area contributed by atoms with Crippen LogP contribution in [0.4, 0.5) is 0 Å². The van der Waals surface area contributed by atoms with Crippen LogP contribution in [0.25, 0.3) is 0 Å². The Morgan fingerprint density at radius 1 is 1.24 bits per heavy atom. The van der Waals surface area contributed by atoms with Crippen LogP contribution < -0.4 is 0 Å². The minimum absolute atomic E-state index is 0.388. The molecule has 1 aromatic heterocycles. The van der Waals surface area contributed by atoms with E-state index in [9.17, 15) is 5.11 Å². The van der Waals surface area contributed by atoms with E-state index in [0.29, 0.717) is 11.8 Å². The summed E-state index contributed by atoms with van der Waals surface area (Å²) in [5, 5.41) is 10.6. The quantitative estimate of drug-likeness (QED) is 0.902. The molecule has 1 heterocycles. The standard InChI is InChI=1S/C14H20BrNO/c1-13(2)5-7-14(17,8-6-13)9-12-4-3-11(15)10-16-12/h3-4,10,17H,5-9H2,1-2H3. The molecule has 1 N–H and O–H groups in total. The second-order valence-corrected chi connectivity index (χ2v) is 6.95. The molecule has 1 fully saturated rings. The van der Waals surface area contributed by atoms with Gasteiger partial charge in [-0.3, -0.25) is 4.98 Å². The second-order valence-electron chi connectivity index (χ2n) is 6.03. The lowest BCUT2D eigenvalue weighted by atomic mass is 9.69. The Hall–Kier alpha value is -0.410. The summed E-state index contributed by atoms with van der Waals surface area (Å²) in [6, 6.07) is 3.97. The molecule has 1 aromatic rings. The largest absolute Gasteiger partial charge is 0.389 e. The van der Waals surface area contributed by atoms with Crippen molar-refractivity contribution in [2.45, 2.75) is 51.6 Å². The molecule has 1 saturated carbocycles. The number of pyridine rings is 1. The van der Waals surface area contributed by atoms with Crippen LogP contribution in [0, 0.1) is 5.41 Å². The van der Waals surface area contributed by atoms with Gasteiger partial charge in [-0.2, -0.15) is 0 Å². The van der Waals surface area contributed by atoms with Gasteiger partial charge < -0.3 is 5.11 Å². The first-order chi connectivity index (χ1) is 7.89. The van der Waals surface area contributed by atoms with E-state index in [1.807, 2.05) is 12.1 Å². The first-order valence-corrected chi connectivity index (χ1v) is 7.01. The highest BCUT2D eigenvalue weighted by molar-refractivity contribution is 9.10. The Kier molecular flexibility index (Phi) is 3.60. The number of rotatable bonds is 2. The molecule has 3 heteroatoms. The fourth-order valence-electron chi connectivity index (χ4n) is 2.42. The van der Waals surface area contributed by atoms with Crippen molar-refractivity contribution in [2.75, 3.05) is 0 Å². The lowest BCUT2D eigenvalue weighted by molar-refractivity contribution is -0.0258. The number of hydrogen-bond donors (Lipinski definition) is 1. The molecule has 17 heavy (non-hydrogen) atoms. The van der Waals surface area contributed by atoms with Crippen LogP contribution in [-0.2, 0) is 6.42 Å². The van der Waals surface area contributed by atoms with Gasteiger partial charge in [-0.25, -0.2) is 0 Å². The van der Waals surface area contributed by atoms with Gasteiger partial charge in [0.2, 0.25) is 0 Å². The average molecular weight is 298 g/mol. The van der Waals surface area contributed by atoms with Crippen LogP contribution in [0.5, 0.6) is 0 Å². The van der Waals surface area contributed by atoms with Crippen molar-refractivity contribution in [1.82, 2.24) is 4.98 Å². The van der Waals surface area contributed by atoms with Gasteiger partial charge in [-0.05, 0) is 59.2 Å². The van der Waals surface area contributed by atoms with E-state index >= 15 is 0 Å². The molecule has 0 bridgehead atoms. The van der Waals surface area contributed by atoms with Crippen LogP contribution >= 0.6 is 15.9 Å². The summed E-state index contributed by atoms with van der Waals surface area (Å²) in [7, 11) is 0. The van der Waals surface area contributed by atoms with E-state index in [4.69, 9.17) is 0 Å².